The van der Waals surface area contributed by atoms with Crippen molar-refractivity contribution in [3.8, 4) is 0 Å². The van der Waals surface area contributed by atoms with Crippen LogP contribution in [0.15, 0.2) is 42.5 Å². The minimum Gasteiger partial charge on any atom is -0.327 e. The number of benzene rings is 3. The van der Waals surface area contributed by atoms with Crippen LogP contribution in [0.1, 0.15) is 17.5 Å². The highest BCUT2D eigenvalue weighted by Gasteiger charge is 2.19. The highest BCUT2D eigenvalue weighted by Crippen LogP contribution is 2.34. The molecule has 0 saturated carbocycles. The topological polar surface area (TPSA) is 26.0 Å². The summed E-state index contributed by atoms with van der Waals surface area (Å²) in [5, 5.41) is 3.85. The van der Waals surface area contributed by atoms with Crippen molar-refractivity contribution in [1.82, 2.24) is 0 Å². The normalized spacial score (nSPS) is 18.4. The molecule has 0 aromatic heterocycles. The molecule has 3 aromatic rings. The van der Waals surface area contributed by atoms with Crippen LogP contribution in [0, 0.1) is 5.82 Å². The highest BCUT2D eigenvalue weighted by molar-refractivity contribution is 6.09. The molecule has 0 amide bonds. The Labute approximate surface area is 117 Å². The Bertz CT molecular complexity index is 822. The lowest BCUT2D eigenvalue weighted by atomic mass is 9.84. The fraction of sp³-hybridized carbons (Fsp3) is 0.222. The zero-order chi connectivity index (χ0) is 13.7. The maximum atomic E-state index is 14.4. The molecule has 2 heteroatoms. The maximum absolute atomic E-state index is 14.4. The van der Waals surface area contributed by atoms with Crippen LogP contribution in [0.25, 0.3) is 21.5 Å². The third-order valence-electron chi connectivity index (χ3n) is 4.45. The predicted octanol–water partition coefficient (Wildman–Crippen LogP) is 3.95. The van der Waals surface area contributed by atoms with Gasteiger partial charge in [-0.25, -0.2) is 4.39 Å². The Morgan fingerprint density at radius 2 is 1.70 bits per heavy atom. The van der Waals surface area contributed by atoms with E-state index in [1.54, 1.807) is 6.07 Å². The number of hydrogen-bond donors (Lipinski definition) is 1. The zero-order valence-electron chi connectivity index (χ0n) is 11.2. The van der Waals surface area contributed by atoms with Crippen molar-refractivity contribution in [3.05, 3.63) is 59.4 Å². The molecule has 20 heavy (non-hydrogen) atoms. The minimum atomic E-state index is -0.138. The lowest BCUT2D eigenvalue weighted by Crippen LogP contribution is -2.27. The van der Waals surface area contributed by atoms with Gasteiger partial charge >= 0.3 is 0 Å². The van der Waals surface area contributed by atoms with Gasteiger partial charge in [0.25, 0.3) is 0 Å². The van der Waals surface area contributed by atoms with Gasteiger partial charge in [-0.1, -0.05) is 36.4 Å². The van der Waals surface area contributed by atoms with E-state index in [2.05, 4.69) is 12.1 Å². The Kier molecular flexibility index (Phi) is 2.54. The van der Waals surface area contributed by atoms with Crippen LogP contribution in [-0.2, 0) is 12.8 Å². The largest absolute Gasteiger partial charge is 0.327 e. The molecule has 2 N–H and O–H groups in total. The smallest absolute Gasteiger partial charge is 0.131 e. The molecule has 0 radical (unpaired) electrons. The van der Waals surface area contributed by atoms with Crippen LogP contribution in [0.5, 0.6) is 0 Å². The van der Waals surface area contributed by atoms with Crippen LogP contribution >= 0.6 is 0 Å². The number of nitrogens with two attached hydrogens (primary N) is 1. The van der Waals surface area contributed by atoms with Gasteiger partial charge in [0.15, 0.2) is 0 Å². The van der Waals surface area contributed by atoms with Gasteiger partial charge in [0, 0.05) is 11.4 Å². The average Bonchev–Trinajstić information content (AvgIpc) is 2.47. The van der Waals surface area contributed by atoms with E-state index in [1.165, 1.54) is 11.1 Å². The second kappa shape index (κ2) is 4.29. The Morgan fingerprint density at radius 1 is 0.950 bits per heavy atom. The van der Waals surface area contributed by atoms with Crippen LogP contribution in [0.3, 0.4) is 0 Å². The van der Waals surface area contributed by atoms with Crippen molar-refractivity contribution in [2.75, 3.05) is 0 Å². The van der Waals surface area contributed by atoms with Gasteiger partial charge in [-0.15, -0.1) is 0 Å². The lowest BCUT2D eigenvalue weighted by molar-refractivity contribution is 0.579. The Hall–Kier alpha value is -1.93. The number of aryl methyl sites for hydroxylation is 1. The van der Waals surface area contributed by atoms with Crippen molar-refractivity contribution in [1.29, 1.82) is 0 Å². The summed E-state index contributed by atoms with van der Waals surface area (Å²) in [6, 6.07) is 13.9. The first kappa shape index (κ1) is 11.9. The monoisotopic (exact) mass is 265 g/mol. The average molecular weight is 265 g/mol. The molecular weight excluding hydrogens is 249 g/mol. The fourth-order valence-electron chi connectivity index (χ4n) is 3.42. The molecule has 0 spiro atoms. The van der Waals surface area contributed by atoms with E-state index in [1.807, 2.05) is 24.3 Å². The van der Waals surface area contributed by atoms with Crippen molar-refractivity contribution in [2.45, 2.75) is 25.3 Å². The second-order valence-electron chi connectivity index (χ2n) is 5.71. The summed E-state index contributed by atoms with van der Waals surface area (Å²) in [6.07, 6.45) is 2.87. The third kappa shape index (κ3) is 1.65. The summed E-state index contributed by atoms with van der Waals surface area (Å²) in [5.74, 6) is -0.138. The van der Waals surface area contributed by atoms with Crippen LogP contribution in [0.4, 0.5) is 4.39 Å². The maximum Gasteiger partial charge on any atom is 0.131 e. The highest BCUT2D eigenvalue weighted by atomic mass is 19.1. The van der Waals surface area contributed by atoms with E-state index in [9.17, 15) is 4.39 Å². The predicted molar refractivity (Wildman–Crippen MR) is 81.4 cm³/mol. The van der Waals surface area contributed by atoms with E-state index in [-0.39, 0.29) is 11.9 Å². The van der Waals surface area contributed by atoms with E-state index >= 15 is 0 Å². The molecule has 1 aliphatic rings. The molecule has 0 saturated heterocycles. The van der Waals surface area contributed by atoms with Gasteiger partial charge in [-0.2, -0.15) is 0 Å². The summed E-state index contributed by atoms with van der Waals surface area (Å²) in [5.41, 5.74) is 8.67. The Morgan fingerprint density at radius 3 is 2.55 bits per heavy atom. The van der Waals surface area contributed by atoms with Crippen LogP contribution in [-0.4, -0.2) is 6.04 Å². The lowest BCUT2D eigenvalue weighted by Gasteiger charge is -2.23. The number of fused-ring (bicyclic) bond motifs is 5. The molecule has 3 aromatic carbocycles. The molecule has 0 heterocycles. The van der Waals surface area contributed by atoms with Gasteiger partial charge in [0.05, 0.1) is 0 Å². The van der Waals surface area contributed by atoms with Gasteiger partial charge in [0.2, 0.25) is 0 Å². The van der Waals surface area contributed by atoms with Crippen molar-refractivity contribution >= 4 is 21.5 Å². The summed E-state index contributed by atoms with van der Waals surface area (Å²) in [6.45, 7) is 0. The van der Waals surface area contributed by atoms with Crippen LogP contribution < -0.4 is 5.73 Å². The third-order valence-corrected chi connectivity index (χ3v) is 4.45. The minimum absolute atomic E-state index is 0.138. The molecule has 4 rings (SSSR count). The molecule has 0 bridgehead atoms. The van der Waals surface area contributed by atoms with Crippen molar-refractivity contribution in [3.63, 3.8) is 0 Å². The van der Waals surface area contributed by atoms with E-state index in [0.717, 1.165) is 35.4 Å². The van der Waals surface area contributed by atoms with E-state index < -0.39 is 0 Å². The summed E-state index contributed by atoms with van der Waals surface area (Å²) in [7, 11) is 0. The molecule has 1 aliphatic carbocycles. The van der Waals surface area contributed by atoms with Crippen molar-refractivity contribution < 1.29 is 4.39 Å². The summed E-state index contributed by atoms with van der Waals surface area (Å²) < 4.78 is 14.4. The molecule has 0 aliphatic heterocycles. The molecule has 1 nitrogen and oxygen atoms in total. The Balaban J connectivity index is 2.14. The number of hydrogen-bond acceptors (Lipinski definition) is 1. The van der Waals surface area contributed by atoms with Gasteiger partial charge in [-0.3, -0.25) is 0 Å². The molecule has 0 fully saturated rings. The van der Waals surface area contributed by atoms with Gasteiger partial charge < -0.3 is 5.73 Å². The standard InChI is InChI=1S/C18H16FN/c19-18-10-17-14(13-3-1-2-4-15(13)18)8-6-11-5-7-12(20)9-16(11)17/h1-4,6,8,10,12H,5,7,9,20H2. The first-order valence-corrected chi connectivity index (χ1v) is 7.11. The molecule has 1 unspecified atom stereocenters. The quantitative estimate of drug-likeness (QED) is 0.612. The first-order chi connectivity index (χ1) is 9.74. The van der Waals surface area contributed by atoms with E-state index in [4.69, 9.17) is 5.73 Å². The van der Waals surface area contributed by atoms with E-state index in [0.29, 0.717) is 5.39 Å². The SMILES string of the molecule is NC1CCc2ccc3c(cc(F)c4ccccc43)c2C1. The fourth-order valence-corrected chi connectivity index (χ4v) is 3.42. The first-order valence-electron chi connectivity index (χ1n) is 7.11. The number of halogens is 1. The summed E-state index contributed by atoms with van der Waals surface area (Å²) in [4.78, 5) is 0. The second-order valence-corrected chi connectivity index (χ2v) is 5.71. The number of rotatable bonds is 0. The van der Waals surface area contributed by atoms with Gasteiger partial charge in [0.1, 0.15) is 5.82 Å². The van der Waals surface area contributed by atoms with Crippen LogP contribution in [0.2, 0.25) is 0 Å². The van der Waals surface area contributed by atoms with Crippen molar-refractivity contribution in [2.24, 2.45) is 5.73 Å². The molecule has 100 valence electrons. The zero-order valence-corrected chi connectivity index (χ0v) is 11.2. The molecular formula is C18H16FN. The molecule has 1 atom stereocenters. The van der Waals surface area contributed by atoms with Gasteiger partial charge in [-0.05, 0) is 52.6 Å². The summed E-state index contributed by atoms with van der Waals surface area (Å²) >= 11 is 0.